The minimum Gasteiger partial charge on any atom is -0.383 e. The molecule has 4 heteroatoms. The molecule has 0 N–H and O–H groups in total. The fourth-order valence-electron chi connectivity index (χ4n) is 0.537. The van der Waals surface area contributed by atoms with Gasteiger partial charge < -0.3 is 4.74 Å². The third kappa shape index (κ3) is 1.81. The van der Waals surface area contributed by atoms with Gasteiger partial charge in [0.15, 0.2) is 0 Å². The summed E-state index contributed by atoms with van der Waals surface area (Å²) in [5.41, 5.74) is 0. The van der Waals surface area contributed by atoms with Gasteiger partial charge in [0.25, 0.3) is 0 Å². The molecular formula is C5H9N3O. The lowest BCUT2D eigenvalue weighted by Crippen LogP contribution is -2.04. The predicted octanol–water partition coefficient (Wildman–Crippen LogP) is -0.0755. The molecule has 0 saturated heterocycles. The van der Waals surface area contributed by atoms with E-state index < -0.39 is 0 Å². The normalized spacial score (nSPS) is 9.89. The van der Waals surface area contributed by atoms with Crippen molar-refractivity contribution in [1.29, 1.82) is 0 Å². The molecule has 0 aliphatic rings. The lowest BCUT2D eigenvalue weighted by molar-refractivity contribution is 0.183. The summed E-state index contributed by atoms with van der Waals surface area (Å²) in [6.07, 6.45) is 3.45. The minimum atomic E-state index is 0.684. The van der Waals surface area contributed by atoms with Crippen LogP contribution in [0, 0.1) is 0 Å². The molecule has 0 aromatic carbocycles. The Morgan fingerprint density at radius 1 is 1.67 bits per heavy atom. The predicted molar refractivity (Wildman–Crippen MR) is 31.9 cm³/mol. The lowest BCUT2D eigenvalue weighted by Gasteiger charge is -1.95. The van der Waals surface area contributed by atoms with Gasteiger partial charge in [-0.2, -0.15) is 0 Å². The van der Waals surface area contributed by atoms with Crippen molar-refractivity contribution >= 4 is 0 Å². The van der Waals surface area contributed by atoms with Crippen molar-refractivity contribution in [3.05, 3.63) is 12.4 Å². The van der Waals surface area contributed by atoms with Crippen molar-refractivity contribution in [3.8, 4) is 0 Å². The first-order chi connectivity index (χ1) is 4.43. The Balaban J connectivity index is 2.30. The minimum absolute atomic E-state index is 0.684. The van der Waals surface area contributed by atoms with Crippen molar-refractivity contribution in [3.63, 3.8) is 0 Å². The van der Waals surface area contributed by atoms with Crippen molar-refractivity contribution in [1.82, 2.24) is 15.0 Å². The zero-order chi connectivity index (χ0) is 6.53. The van der Waals surface area contributed by atoms with Gasteiger partial charge in [0.05, 0.1) is 19.3 Å². The molecule has 0 saturated carbocycles. The second-order valence-electron chi connectivity index (χ2n) is 1.66. The van der Waals surface area contributed by atoms with E-state index in [-0.39, 0.29) is 0 Å². The molecule has 0 bridgehead atoms. The number of ether oxygens (including phenoxy) is 1. The summed E-state index contributed by atoms with van der Waals surface area (Å²) in [7, 11) is 1.66. The molecule has 0 radical (unpaired) electrons. The zero-order valence-corrected chi connectivity index (χ0v) is 5.32. The SMILES string of the molecule is COCCn1ccnn1. The van der Waals surface area contributed by atoms with Crippen LogP contribution in [-0.2, 0) is 11.3 Å². The van der Waals surface area contributed by atoms with Crippen LogP contribution < -0.4 is 0 Å². The van der Waals surface area contributed by atoms with Gasteiger partial charge in [-0.3, -0.25) is 4.68 Å². The summed E-state index contributed by atoms with van der Waals surface area (Å²) in [6, 6.07) is 0. The van der Waals surface area contributed by atoms with E-state index >= 15 is 0 Å². The topological polar surface area (TPSA) is 39.9 Å². The maximum absolute atomic E-state index is 4.83. The van der Waals surface area contributed by atoms with Crippen LogP contribution in [0.15, 0.2) is 12.4 Å². The van der Waals surface area contributed by atoms with E-state index in [1.807, 2.05) is 0 Å². The van der Waals surface area contributed by atoms with Crippen molar-refractivity contribution in [2.24, 2.45) is 0 Å². The van der Waals surface area contributed by atoms with Crippen LogP contribution >= 0.6 is 0 Å². The molecule has 0 amide bonds. The van der Waals surface area contributed by atoms with E-state index in [2.05, 4.69) is 10.3 Å². The zero-order valence-electron chi connectivity index (χ0n) is 5.32. The van der Waals surface area contributed by atoms with E-state index in [1.54, 1.807) is 24.2 Å². The number of aromatic nitrogens is 3. The summed E-state index contributed by atoms with van der Waals surface area (Å²) < 4.78 is 6.55. The molecule has 0 atom stereocenters. The van der Waals surface area contributed by atoms with Gasteiger partial charge in [-0.25, -0.2) is 0 Å². The molecule has 1 aromatic heterocycles. The summed E-state index contributed by atoms with van der Waals surface area (Å²) >= 11 is 0. The first-order valence-electron chi connectivity index (χ1n) is 2.76. The maximum Gasteiger partial charge on any atom is 0.0692 e. The molecule has 1 heterocycles. The average molecular weight is 127 g/mol. The number of nitrogens with zero attached hydrogens (tertiary/aromatic N) is 3. The Kier molecular flexibility index (Phi) is 2.21. The maximum atomic E-state index is 4.83. The standard InChI is InChI=1S/C5H9N3O/c1-9-5-4-8-3-2-6-7-8/h2-3H,4-5H2,1H3. The first-order valence-corrected chi connectivity index (χ1v) is 2.76. The van der Waals surface area contributed by atoms with Crippen LogP contribution in [0.3, 0.4) is 0 Å². The van der Waals surface area contributed by atoms with Gasteiger partial charge in [-0.05, 0) is 0 Å². The van der Waals surface area contributed by atoms with Crippen LogP contribution in [0.2, 0.25) is 0 Å². The fourth-order valence-corrected chi connectivity index (χ4v) is 0.537. The second-order valence-corrected chi connectivity index (χ2v) is 1.66. The number of methoxy groups -OCH3 is 1. The van der Waals surface area contributed by atoms with Crippen LogP contribution in [0.25, 0.3) is 0 Å². The van der Waals surface area contributed by atoms with Crippen molar-refractivity contribution in [2.45, 2.75) is 6.54 Å². The molecule has 1 rings (SSSR count). The van der Waals surface area contributed by atoms with E-state index in [0.29, 0.717) is 6.61 Å². The smallest absolute Gasteiger partial charge is 0.0692 e. The van der Waals surface area contributed by atoms with Crippen LogP contribution in [0.4, 0.5) is 0 Å². The molecule has 0 fully saturated rings. The number of hydrogen-bond donors (Lipinski definition) is 0. The van der Waals surface area contributed by atoms with Crippen molar-refractivity contribution in [2.75, 3.05) is 13.7 Å². The Labute approximate surface area is 53.4 Å². The third-order valence-corrected chi connectivity index (χ3v) is 0.996. The lowest BCUT2D eigenvalue weighted by atomic mass is 10.7. The van der Waals surface area contributed by atoms with Crippen molar-refractivity contribution < 1.29 is 4.74 Å². The summed E-state index contributed by atoms with van der Waals surface area (Å²) in [6.45, 7) is 1.46. The second kappa shape index (κ2) is 3.19. The van der Waals surface area contributed by atoms with Gasteiger partial charge >= 0.3 is 0 Å². The first kappa shape index (κ1) is 6.22. The number of rotatable bonds is 3. The molecule has 4 nitrogen and oxygen atoms in total. The quantitative estimate of drug-likeness (QED) is 0.570. The van der Waals surface area contributed by atoms with Gasteiger partial charge in [-0.1, -0.05) is 5.21 Å². The van der Waals surface area contributed by atoms with Crippen LogP contribution in [-0.4, -0.2) is 28.7 Å². The molecule has 50 valence electrons. The van der Waals surface area contributed by atoms with E-state index in [9.17, 15) is 0 Å². The van der Waals surface area contributed by atoms with Gasteiger partial charge in [-0.15, -0.1) is 5.10 Å². The van der Waals surface area contributed by atoms with E-state index in [0.717, 1.165) is 6.54 Å². The third-order valence-electron chi connectivity index (χ3n) is 0.996. The van der Waals surface area contributed by atoms with E-state index in [4.69, 9.17) is 4.74 Å². The molecule has 0 aliphatic heterocycles. The van der Waals surface area contributed by atoms with Gasteiger partial charge in [0.1, 0.15) is 0 Å². The van der Waals surface area contributed by atoms with Crippen LogP contribution in [0.5, 0.6) is 0 Å². The molecule has 9 heavy (non-hydrogen) atoms. The highest BCUT2D eigenvalue weighted by molar-refractivity contribution is 4.62. The monoisotopic (exact) mass is 127 g/mol. The molecule has 0 unspecified atom stereocenters. The van der Waals surface area contributed by atoms with Gasteiger partial charge in [0, 0.05) is 13.3 Å². The summed E-state index contributed by atoms with van der Waals surface area (Å²) in [4.78, 5) is 0. The Hall–Kier alpha value is -0.900. The molecular weight excluding hydrogens is 118 g/mol. The average Bonchev–Trinajstić information content (AvgIpc) is 2.34. The molecule has 1 aromatic rings. The fraction of sp³-hybridized carbons (Fsp3) is 0.600. The molecule has 0 aliphatic carbocycles. The summed E-state index contributed by atoms with van der Waals surface area (Å²) in [5.74, 6) is 0. The Bertz CT molecular complexity index is 149. The largest absolute Gasteiger partial charge is 0.383 e. The Morgan fingerprint density at radius 3 is 3.11 bits per heavy atom. The number of hydrogen-bond acceptors (Lipinski definition) is 3. The summed E-state index contributed by atoms with van der Waals surface area (Å²) in [5, 5.41) is 7.37. The Morgan fingerprint density at radius 2 is 2.56 bits per heavy atom. The highest BCUT2D eigenvalue weighted by atomic mass is 16.5. The van der Waals surface area contributed by atoms with E-state index in [1.165, 1.54) is 0 Å². The highest BCUT2D eigenvalue weighted by Crippen LogP contribution is 1.79. The molecule has 0 spiro atoms. The highest BCUT2D eigenvalue weighted by Gasteiger charge is 1.86. The van der Waals surface area contributed by atoms with Gasteiger partial charge in [0.2, 0.25) is 0 Å². The van der Waals surface area contributed by atoms with Crippen LogP contribution in [0.1, 0.15) is 0 Å².